The van der Waals surface area contributed by atoms with Crippen LogP contribution in [0.5, 0.6) is 5.88 Å². The van der Waals surface area contributed by atoms with E-state index < -0.39 is 22.2 Å². The number of sulfonamides is 1. The van der Waals surface area contributed by atoms with Gasteiger partial charge in [0.15, 0.2) is 0 Å². The van der Waals surface area contributed by atoms with E-state index in [4.69, 9.17) is 4.74 Å². The Hall–Kier alpha value is -2.56. The zero-order chi connectivity index (χ0) is 22.8. The maximum absolute atomic E-state index is 13.4. The molecule has 0 bridgehead atoms. The lowest BCUT2D eigenvalue weighted by Gasteiger charge is -2.37. The van der Waals surface area contributed by atoms with Crippen LogP contribution in [0, 0.1) is 5.92 Å². The van der Waals surface area contributed by atoms with Crippen molar-refractivity contribution in [3.8, 4) is 17.0 Å². The molecule has 0 fully saturated rings. The Balaban J connectivity index is 2.06. The summed E-state index contributed by atoms with van der Waals surface area (Å²) in [6, 6.07) is 4.94. The number of carbonyl (C=O) groups excluding carboxylic acids is 1. The molecule has 168 valence electrons. The number of likely N-dealkylation sites (N-methyl/N-ethyl adjacent to an activating group) is 1. The van der Waals surface area contributed by atoms with E-state index in [-0.39, 0.29) is 36.4 Å². The first kappa shape index (κ1) is 23.1. The zero-order valence-electron chi connectivity index (χ0n) is 18.1. The van der Waals surface area contributed by atoms with E-state index in [1.54, 1.807) is 42.5 Å². The molecule has 0 aliphatic carbocycles. The quantitative estimate of drug-likeness (QED) is 0.708. The van der Waals surface area contributed by atoms with Gasteiger partial charge in [0.25, 0.3) is 5.91 Å². The second-order valence-electron chi connectivity index (χ2n) is 7.98. The molecule has 3 heterocycles. The SMILES string of the molecule is C[C@H](CO)N1C[C@H](C)[C@@H](CN(C)S(C)(=O)=O)Oc2ncc(-c3cccnc3)cc2C1=O. The van der Waals surface area contributed by atoms with Crippen LogP contribution in [-0.4, -0.2) is 83.8 Å². The van der Waals surface area contributed by atoms with E-state index in [2.05, 4.69) is 9.97 Å². The molecular weight excluding hydrogens is 420 g/mol. The lowest BCUT2D eigenvalue weighted by Crippen LogP contribution is -2.50. The molecule has 10 heteroatoms. The Bertz CT molecular complexity index is 1030. The highest BCUT2D eigenvalue weighted by atomic mass is 32.2. The molecule has 1 aliphatic rings. The monoisotopic (exact) mass is 448 g/mol. The summed E-state index contributed by atoms with van der Waals surface area (Å²) in [5, 5.41) is 9.72. The van der Waals surface area contributed by atoms with Crippen molar-refractivity contribution in [3.05, 3.63) is 42.4 Å². The van der Waals surface area contributed by atoms with Gasteiger partial charge in [0.1, 0.15) is 11.7 Å². The van der Waals surface area contributed by atoms with Gasteiger partial charge in [0, 0.05) is 49.2 Å². The van der Waals surface area contributed by atoms with Gasteiger partial charge in [-0.15, -0.1) is 0 Å². The van der Waals surface area contributed by atoms with Crippen LogP contribution < -0.4 is 4.74 Å². The number of hydrogen-bond donors (Lipinski definition) is 1. The Labute approximate surface area is 182 Å². The molecule has 9 nitrogen and oxygen atoms in total. The number of ether oxygens (including phenoxy) is 1. The average molecular weight is 449 g/mol. The number of nitrogens with zero attached hydrogens (tertiary/aromatic N) is 4. The first-order valence-corrected chi connectivity index (χ1v) is 11.9. The maximum Gasteiger partial charge on any atom is 0.259 e. The van der Waals surface area contributed by atoms with Crippen molar-refractivity contribution in [2.75, 3.05) is 33.0 Å². The summed E-state index contributed by atoms with van der Waals surface area (Å²) in [4.78, 5) is 23.5. The summed E-state index contributed by atoms with van der Waals surface area (Å²) >= 11 is 0. The number of rotatable bonds is 6. The fourth-order valence-electron chi connectivity index (χ4n) is 3.40. The summed E-state index contributed by atoms with van der Waals surface area (Å²) in [6.45, 7) is 3.88. The third-order valence-electron chi connectivity index (χ3n) is 5.52. The van der Waals surface area contributed by atoms with Crippen molar-refractivity contribution >= 4 is 15.9 Å². The largest absolute Gasteiger partial charge is 0.472 e. The van der Waals surface area contributed by atoms with Gasteiger partial charge in [0.05, 0.1) is 25.4 Å². The lowest BCUT2D eigenvalue weighted by molar-refractivity contribution is 0.0374. The fraction of sp³-hybridized carbons (Fsp3) is 0.476. The Morgan fingerprint density at radius 3 is 2.71 bits per heavy atom. The molecule has 0 unspecified atom stereocenters. The second-order valence-corrected chi connectivity index (χ2v) is 10.1. The molecule has 3 rings (SSSR count). The first-order chi connectivity index (χ1) is 14.6. The summed E-state index contributed by atoms with van der Waals surface area (Å²) in [7, 11) is -1.92. The number of pyridine rings is 2. The third-order valence-corrected chi connectivity index (χ3v) is 6.80. The van der Waals surface area contributed by atoms with Crippen LogP contribution in [0.3, 0.4) is 0 Å². The van der Waals surface area contributed by atoms with E-state index in [1.807, 2.05) is 13.0 Å². The number of carbonyl (C=O) groups is 1. The van der Waals surface area contributed by atoms with Crippen LogP contribution >= 0.6 is 0 Å². The summed E-state index contributed by atoms with van der Waals surface area (Å²) in [5.74, 6) is -0.349. The summed E-state index contributed by atoms with van der Waals surface area (Å²) < 4.78 is 31.2. The molecule has 0 radical (unpaired) electrons. The highest BCUT2D eigenvalue weighted by Crippen LogP contribution is 2.30. The van der Waals surface area contributed by atoms with Gasteiger partial charge in [-0.1, -0.05) is 13.0 Å². The molecule has 0 saturated heterocycles. The zero-order valence-corrected chi connectivity index (χ0v) is 18.9. The van der Waals surface area contributed by atoms with Crippen LogP contribution in [0.2, 0.25) is 0 Å². The number of aromatic nitrogens is 2. The van der Waals surface area contributed by atoms with Crippen molar-refractivity contribution < 1.29 is 23.1 Å². The first-order valence-electron chi connectivity index (χ1n) is 10.0. The highest BCUT2D eigenvalue weighted by molar-refractivity contribution is 7.88. The van der Waals surface area contributed by atoms with Gasteiger partial charge in [-0.05, 0) is 19.1 Å². The molecule has 1 amide bonds. The van der Waals surface area contributed by atoms with Crippen molar-refractivity contribution in [2.45, 2.75) is 26.0 Å². The molecule has 2 aromatic heterocycles. The van der Waals surface area contributed by atoms with E-state index in [9.17, 15) is 18.3 Å². The third kappa shape index (κ3) is 5.20. The summed E-state index contributed by atoms with van der Waals surface area (Å²) in [5.41, 5.74) is 1.77. The lowest BCUT2D eigenvalue weighted by atomic mass is 9.99. The molecule has 1 aliphatic heterocycles. The minimum absolute atomic E-state index is 0.112. The normalized spacial score (nSPS) is 20.6. The topological polar surface area (TPSA) is 113 Å². The molecular formula is C21H28N4O5S. The minimum atomic E-state index is -3.41. The average Bonchev–Trinajstić information content (AvgIpc) is 2.75. The maximum atomic E-state index is 13.4. The number of aliphatic hydroxyl groups is 1. The second kappa shape index (κ2) is 9.29. The molecule has 0 aromatic carbocycles. The Morgan fingerprint density at radius 1 is 1.35 bits per heavy atom. The van der Waals surface area contributed by atoms with Gasteiger partial charge in [-0.25, -0.2) is 17.7 Å². The van der Waals surface area contributed by atoms with Gasteiger partial charge in [0.2, 0.25) is 15.9 Å². The number of aliphatic hydroxyl groups excluding tert-OH is 1. The van der Waals surface area contributed by atoms with Crippen LogP contribution in [0.1, 0.15) is 24.2 Å². The number of fused-ring (bicyclic) bond motifs is 1. The molecule has 1 N–H and O–H groups in total. The van der Waals surface area contributed by atoms with Crippen molar-refractivity contribution in [1.29, 1.82) is 0 Å². The van der Waals surface area contributed by atoms with Gasteiger partial charge in [-0.3, -0.25) is 9.78 Å². The van der Waals surface area contributed by atoms with Gasteiger partial charge in [-0.2, -0.15) is 0 Å². The molecule has 0 saturated carbocycles. The number of hydrogen-bond acceptors (Lipinski definition) is 7. The molecule has 0 spiro atoms. The van der Waals surface area contributed by atoms with E-state index in [0.717, 1.165) is 11.8 Å². The van der Waals surface area contributed by atoms with Crippen molar-refractivity contribution in [2.24, 2.45) is 5.92 Å². The van der Waals surface area contributed by atoms with Gasteiger partial charge >= 0.3 is 0 Å². The van der Waals surface area contributed by atoms with Crippen LogP contribution in [-0.2, 0) is 10.0 Å². The van der Waals surface area contributed by atoms with Crippen molar-refractivity contribution in [1.82, 2.24) is 19.2 Å². The van der Waals surface area contributed by atoms with Crippen LogP contribution in [0.25, 0.3) is 11.1 Å². The highest BCUT2D eigenvalue weighted by Gasteiger charge is 2.35. The predicted octanol–water partition coefficient (Wildman–Crippen LogP) is 1.26. The Morgan fingerprint density at radius 2 is 2.10 bits per heavy atom. The number of amides is 1. The summed E-state index contributed by atoms with van der Waals surface area (Å²) in [6.07, 6.45) is 5.55. The predicted molar refractivity (Wildman–Crippen MR) is 116 cm³/mol. The smallest absolute Gasteiger partial charge is 0.259 e. The van der Waals surface area contributed by atoms with Crippen LogP contribution in [0.4, 0.5) is 0 Å². The fourth-order valence-corrected chi connectivity index (χ4v) is 3.82. The van der Waals surface area contributed by atoms with Crippen LogP contribution in [0.15, 0.2) is 36.8 Å². The van der Waals surface area contributed by atoms with E-state index in [0.29, 0.717) is 12.1 Å². The van der Waals surface area contributed by atoms with E-state index >= 15 is 0 Å². The molecule has 2 aromatic rings. The Kier molecular flexibility index (Phi) is 6.93. The minimum Gasteiger partial charge on any atom is -0.472 e. The molecule has 31 heavy (non-hydrogen) atoms. The molecule has 3 atom stereocenters. The van der Waals surface area contributed by atoms with Crippen molar-refractivity contribution in [3.63, 3.8) is 0 Å². The van der Waals surface area contributed by atoms with E-state index in [1.165, 1.54) is 11.4 Å². The standard InChI is InChI=1S/C21H28N4O5S/c1-14-11-25(15(2)13-26)21(27)18-8-17(16-6-5-7-22-9-16)10-23-20(18)30-19(14)12-24(3)31(4,28)29/h5-10,14-15,19,26H,11-13H2,1-4H3/t14-,15+,19+/m0/s1. The van der Waals surface area contributed by atoms with Gasteiger partial charge < -0.3 is 14.7 Å².